The Morgan fingerprint density at radius 3 is 2.76 bits per heavy atom. The molecule has 1 aromatic carbocycles. The molecule has 0 amide bonds. The molecule has 110 valence electrons. The summed E-state index contributed by atoms with van der Waals surface area (Å²) in [7, 11) is 1.34. The molecule has 5 nitrogen and oxygen atoms in total. The third-order valence-electron chi connectivity index (χ3n) is 3.59. The van der Waals surface area contributed by atoms with Gasteiger partial charge in [-0.3, -0.25) is 4.98 Å². The fraction of sp³-hybridized carbons (Fsp3) is 0.357. The van der Waals surface area contributed by atoms with Gasteiger partial charge in [-0.2, -0.15) is 0 Å². The second-order valence-corrected chi connectivity index (χ2v) is 4.86. The van der Waals surface area contributed by atoms with Crippen LogP contribution in [0.15, 0.2) is 18.3 Å². The van der Waals surface area contributed by atoms with Crippen molar-refractivity contribution in [2.24, 2.45) is 0 Å². The molecular weight excluding hydrogens is 280 g/mol. The van der Waals surface area contributed by atoms with Gasteiger partial charge in [0.1, 0.15) is 11.9 Å². The van der Waals surface area contributed by atoms with Gasteiger partial charge >= 0.3 is 5.97 Å². The Balaban J connectivity index is 2.00. The smallest absolute Gasteiger partial charge is 0.328 e. The van der Waals surface area contributed by atoms with Crippen molar-refractivity contribution in [3.8, 4) is 0 Å². The van der Waals surface area contributed by atoms with Crippen molar-refractivity contribution in [1.82, 2.24) is 9.97 Å². The largest absolute Gasteiger partial charge is 0.467 e. The van der Waals surface area contributed by atoms with Crippen LogP contribution in [0.1, 0.15) is 12.8 Å². The van der Waals surface area contributed by atoms with Gasteiger partial charge in [-0.1, -0.05) is 0 Å². The summed E-state index contributed by atoms with van der Waals surface area (Å²) >= 11 is 0. The number of benzene rings is 1. The molecule has 1 aliphatic heterocycles. The first-order valence-corrected chi connectivity index (χ1v) is 6.56. The van der Waals surface area contributed by atoms with Crippen molar-refractivity contribution in [1.29, 1.82) is 0 Å². The van der Waals surface area contributed by atoms with Gasteiger partial charge in [-0.15, -0.1) is 0 Å². The minimum absolute atomic E-state index is 0.252. The third kappa shape index (κ3) is 2.39. The van der Waals surface area contributed by atoms with Gasteiger partial charge in [0.2, 0.25) is 0 Å². The SMILES string of the molecule is COC(=O)C1CCCN1c1cnc2cc(F)c(F)cc2n1. The van der Waals surface area contributed by atoms with Crippen LogP contribution >= 0.6 is 0 Å². The first-order valence-electron chi connectivity index (χ1n) is 6.56. The minimum Gasteiger partial charge on any atom is -0.467 e. The van der Waals surface area contributed by atoms with Gasteiger partial charge in [0.15, 0.2) is 11.6 Å². The maximum Gasteiger partial charge on any atom is 0.328 e. The molecule has 1 aromatic heterocycles. The normalized spacial score (nSPS) is 18.2. The van der Waals surface area contributed by atoms with Crippen molar-refractivity contribution in [2.45, 2.75) is 18.9 Å². The van der Waals surface area contributed by atoms with E-state index in [9.17, 15) is 13.6 Å². The molecule has 0 spiro atoms. The fourth-order valence-electron chi connectivity index (χ4n) is 2.56. The Labute approximate surface area is 119 Å². The van der Waals surface area contributed by atoms with Crippen LogP contribution in [0, 0.1) is 11.6 Å². The van der Waals surface area contributed by atoms with E-state index in [4.69, 9.17) is 4.74 Å². The highest BCUT2D eigenvalue weighted by Gasteiger charge is 2.32. The lowest BCUT2D eigenvalue weighted by molar-refractivity contribution is -0.141. The van der Waals surface area contributed by atoms with Gasteiger partial charge < -0.3 is 9.64 Å². The molecule has 7 heteroatoms. The average Bonchev–Trinajstić information content (AvgIpc) is 2.96. The summed E-state index contributed by atoms with van der Waals surface area (Å²) < 4.78 is 31.2. The van der Waals surface area contributed by atoms with Gasteiger partial charge in [0.25, 0.3) is 0 Å². The van der Waals surface area contributed by atoms with Crippen LogP contribution in [0.4, 0.5) is 14.6 Å². The van der Waals surface area contributed by atoms with Gasteiger partial charge in [0.05, 0.1) is 24.3 Å². The number of hydrogen-bond acceptors (Lipinski definition) is 5. The number of ether oxygens (including phenoxy) is 1. The molecule has 1 atom stereocenters. The molecule has 2 aromatic rings. The van der Waals surface area contributed by atoms with Gasteiger partial charge in [-0.05, 0) is 12.8 Å². The van der Waals surface area contributed by atoms with Crippen LogP contribution < -0.4 is 4.90 Å². The van der Waals surface area contributed by atoms with Crippen molar-refractivity contribution in [3.63, 3.8) is 0 Å². The molecule has 21 heavy (non-hydrogen) atoms. The molecule has 0 N–H and O–H groups in total. The van der Waals surface area contributed by atoms with E-state index in [1.807, 2.05) is 0 Å². The van der Waals surface area contributed by atoms with E-state index >= 15 is 0 Å². The number of nitrogens with zero attached hydrogens (tertiary/aromatic N) is 3. The highest BCUT2D eigenvalue weighted by Crippen LogP contribution is 2.26. The maximum absolute atomic E-state index is 13.3. The van der Waals surface area contributed by atoms with Gasteiger partial charge in [0, 0.05) is 18.7 Å². The molecule has 1 aliphatic rings. The van der Waals surface area contributed by atoms with E-state index in [-0.39, 0.29) is 17.0 Å². The van der Waals surface area contributed by atoms with Crippen LogP contribution in [-0.4, -0.2) is 35.6 Å². The average molecular weight is 293 g/mol. The van der Waals surface area contributed by atoms with Crippen LogP contribution in [0.5, 0.6) is 0 Å². The standard InChI is InChI=1S/C14H13F2N3O2/c1-21-14(20)12-3-2-4-19(12)13-7-17-10-5-8(15)9(16)6-11(10)18-13/h5-7,12H,2-4H2,1H3. The molecule has 2 heterocycles. The third-order valence-corrected chi connectivity index (χ3v) is 3.59. The first kappa shape index (κ1) is 13.7. The maximum atomic E-state index is 13.3. The predicted octanol–water partition coefficient (Wildman–Crippen LogP) is 2.05. The summed E-state index contributed by atoms with van der Waals surface area (Å²) in [5, 5.41) is 0. The lowest BCUT2D eigenvalue weighted by Crippen LogP contribution is -2.37. The van der Waals surface area contributed by atoms with E-state index in [0.29, 0.717) is 18.8 Å². The summed E-state index contributed by atoms with van der Waals surface area (Å²) in [4.78, 5) is 21.9. The predicted molar refractivity (Wildman–Crippen MR) is 71.8 cm³/mol. The number of carbonyl (C=O) groups excluding carboxylic acids is 1. The number of esters is 1. The molecule has 1 unspecified atom stereocenters. The second-order valence-electron chi connectivity index (χ2n) is 4.86. The zero-order chi connectivity index (χ0) is 15.0. The zero-order valence-corrected chi connectivity index (χ0v) is 11.3. The summed E-state index contributed by atoms with van der Waals surface area (Å²) in [5.74, 6) is -1.81. The van der Waals surface area contributed by atoms with Gasteiger partial charge in [-0.25, -0.2) is 18.6 Å². The summed E-state index contributed by atoms with van der Waals surface area (Å²) in [6.45, 7) is 0.642. The minimum atomic E-state index is -0.972. The van der Waals surface area contributed by atoms with Crippen molar-refractivity contribution < 1.29 is 18.3 Å². The van der Waals surface area contributed by atoms with E-state index in [1.165, 1.54) is 13.3 Å². The van der Waals surface area contributed by atoms with Crippen LogP contribution in [0.2, 0.25) is 0 Å². The first-order chi connectivity index (χ1) is 10.1. The monoisotopic (exact) mass is 293 g/mol. The number of rotatable bonds is 2. The lowest BCUT2D eigenvalue weighted by atomic mass is 10.2. The Kier molecular flexibility index (Phi) is 3.40. The Morgan fingerprint density at radius 1 is 1.33 bits per heavy atom. The quantitative estimate of drug-likeness (QED) is 0.793. The highest BCUT2D eigenvalue weighted by molar-refractivity contribution is 5.81. The number of methoxy groups -OCH3 is 1. The summed E-state index contributed by atoms with van der Waals surface area (Å²) in [6.07, 6.45) is 2.96. The number of anilines is 1. The Hall–Kier alpha value is -2.31. The number of halogens is 2. The Bertz CT molecular complexity index is 708. The molecule has 0 bridgehead atoms. The number of aromatic nitrogens is 2. The van der Waals surface area contributed by atoms with E-state index in [2.05, 4.69) is 9.97 Å². The van der Waals surface area contributed by atoms with Crippen molar-refractivity contribution >= 4 is 22.8 Å². The molecule has 3 rings (SSSR count). The molecule has 1 saturated heterocycles. The summed E-state index contributed by atoms with van der Waals surface area (Å²) in [6, 6.07) is 1.60. The lowest BCUT2D eigenvalue weighted by Gasteiger charge is -2.23. The van der Waals surface area contributed by atoms with Crippen LogP contribution in [0.25, 0.3) is 11.0 Å². The number of fused-ring (bicyclic) bond motifs is 1. The van der Waals surface area contributed by atoms with E-state index < -0.39 is 17.7 Å². The second kappa shape index (κ2) is 5.23. The van der Waals surface area contributed by atoms with E-state index in [1.54, 1.807) is 4.90 Å². The molecular formula is C14H13F2N3O2. The highest BCUT2D eigenvalue weighted by atomic mass is 19.2. The molecule has 1 fully saturated rings. The zero-order valence-electron chi connectivity index (χ0n) is 11.3. The van der Waals surface area contributed by atoms with Crippen LogP contribution in [0.3, 0.4) is 0 Å². The Morgan fingerprint density at radius 2 is 2.05 bits per heavy atom. The van der Waals surface area contributed by atoms with Crippen molar-refractivity contribution in [3.05, 3.63) is 30.0 Å². The fourth-order valence-corrected chi connectivity index (χ4v) is 2.56. The molecule has 0 saturated carbocycles. The number of hydrogen-bond donors (Lipinski definition) is 0. The van der Waals surface area contributed by atoms with Crippen LogP contribution in [-0.2, 0) is 9.53 Å². The molecule has 0 aliphatic carbocycles. The number of carbonyl (C=O) groups is 1. The summed E-state index contributed by atoms with van der Waals surface area (Å²) in [5.41, 5.74) is 0.522. The van der Waals surface area contributed by atoms with E-state index in [0.717, 1.165) is 18.6 Å². The topological polar surface area (TPSA) is 55.3 Å². The molecule has 0 radical (unpaired) electrons. The van der Waals surface area contributed by atoms with Crippen molar-refractivity contribution in [2.75, 3.05) is 18.6 Å².